The van der Waals surface area contributed by atoms with Gasteiger partial charge in [0, 0.05) is 52.2 Å². The summed E-state index contributed by atoms with van der Waals surface area (Å²) in [5, 5.41) is 12.2. The molecule has 31 heavy (non-hydrogen) atoms. The van der Waals surface area contributed by atoms with Gasteiger partial charge in [-0.05, 0) is 41.8 Å². The van der Waals surface area contributed by atoms with Crippen LogP contribution >= 0.6 is 23.6 Å². The van der Waals surface area contributed by atoms with Gasteiger partial charge in [0.1, 0.15) is 0 Å². The van der Waals surface area contributed by atoms with Crippen LogP contribution in [0.3, 0.4) is 0 Å². The fourth-order valence-corrected chi connectivity index (χ4v) is 4.67. The predicted octanol–water partition coefficient (Wildman–Crippen LogP) is 3.12. The van der Waals surface area contributed by atoms with Crippen molar-refractivity contribution in [2.75, 3.05) is 33.2 Å². The summed E-state index contributed by atoms with van der Waals surface area (Å²) in [7, 11) is 2.17. The molecule has 0 unspecified atom stereocenters. The molecule has 1 fully saturated rings. The van der Waals surface area contributed by atoms with Crippen molar-refractivity contribution in [2.24, 2.45) is 0 Å². The van der Waals surface area contributed by atoms with Crippen molar-refractivity contribution in [3.05, 3.63) is 57.7 Å². The summed E-state index contributed by atoms with van der Waals surface area (Å²) in [6, 6.07) is 12.5. The molecule has 3 aromatic rings. The van der Waals surface area contributed by atoms with Crippen LogP contribution in [0.4, 0.5) is 0 Å². The second-order valence-electron chi connectivity index (χ2n) is 7.91. The van der Waals surface area contributed by atoms with Crippen molar-refractivity contribution in [2.45, 2.75) is 26.1 Å². The molecule has 0 spiro atoms. The monoisotopic (exact) mass is 456 g/mol. The lowest BCUT2D eigenvalue weighted by Crippen LogP contribution is -2.43. The molecule has 1 aliphatic heterocycles. The van der Waals surface area contributed by atoms with Crippen LogP contribution in [0, 0.1) is 4.77 Å². The van der Waals surface area contributed by atoms with Crippen molar-refractivity contribution < 1.29 is 4.79 Å². The number of nitrogens with zero attached hydrogens (tertiary/aromatic N) is 4. The average molecular weight is 457 g/mol. The first-order valence-electron chi connectivity index (χ1n) is 10.5. The van der Waals surface area contributed by atoms with Gasteiger partial charge < -0.3 is 10.2 Å². The number of H-pyrrole nitrogens is 1. The van der Waals surface area contributed by atoms with Crippen LogP contribution < -0.4 is 5.32 Å². The van der Waals surface area contributed by atoms with Gasteiger partial charge in [-0.1, -0.05) is 30.3 Å². The van der Waals surface area contributed by atoms with E-state index < -0.39 is 0 Å². The topological polar surface area (TPSA) is 69.2 Å². The van der Waals surface area contributed by atoms with Crippen LogP contribution in [0.5, 0.6) is 0 Å². The molecule has 4 rings (SSSR count). The minimum atomic E-state index is 0.00435. The molecular weight excluding hydrogens is 428 g/mol. The fourth-order valence-electron chi connectivity index (χ4n) is 3.72. The minimum Gasteiger partial charge on any atom is -0.352 e. The van der Waals surface area contributed by atoms with E-state index in [1.54, 1.807) is 11.3 Å². The molecule has 0 aliphatic carbocycles. The number of amides is 1. The molecule has 1 aromatic carbocycles. The van der Waals surface area contributed by atoms with E-state index in [1.165, 1.54) is 5.56 Å². The number of benzene rings is 1. The molecule has 1 saturated heterocycles. The lowest BCUT2D eigenvalue weighted by atomic mass is 10.1. The summed E-state index contributed by atoms with van der Waals surface area (Å²) in [6.07, 6.45) is 0.354. The zero-order chi connectivity index (χ0) is 21.6. The van der Waals surface area contributed by atoms with E-state index in [2.05, 4.69) is 56.6 Å². The molecule has 9 heteroatoms. The second-order valence-corrected chi connectivity index (χ2v) is 9.24. The number of aromatic nitrogens is 3. The quantitative estimate of drug-likeness (QED) is 0.510. The number of thiophene rings is 1. The SMILES string of the molecule is CN1CCN(Cc2cccc(CNC(=O)CCn3c(-c4cccs4)n[nH]c3=S)c2)CC1. The number of hydrogen-bond acceptors (Lipinski definition) is 6. The predicted molar refractivity (Wildman–Crippen MR) is 126 cm³/mol. The number of carbonyl (C=O) groups is 1. The van der Waals surface area contributed by atoms with E-state index >= 15 is 0 Å². The highest BCUT2D eigenvalue weighted by molar-refractivity contribution is 7.71. The third-order valence-corrected chi connectivity index (χ3v) is 6.72. The van der Waals surface area contributed by atoms with Gasteiger partial charge in [0.05, 0.1) is 4.88 Å². The summed E-state index contributed by atoms with van der Waals surface area (Å²) in [5.41, 5.74) is 2.42. The Kier molecular flexibility index (Phi) is 7.29. The Morgan fingerprint density at radius 1 is 1.19 bits per heavy atom. The summed E-state index contributed by atoms with van der Waals surface area (Å²) in [4.78, 5) is 18.3. The molecule has 1 amide bonds. The van der Waals surface area contributed by atoms with Crippen molar-refractivity contribution in [1.29, 1.82) is 0 Å². The summed E-state index contributed by atoms with van der Waals surface area (Å²) in [6.45, 7) is 6.42. The third kappa shape index (κ3) is 5.88. The maximum Gasteiger partial charge on any atom is 0.222 e. The van der Waals surface area contributed by atoms with Crippen LogP contribution in [0.2, 0.25) is 0 Å². The minimum absolute atomic E-state index is 0.00435. The first-order chi connectivity index (χ1) is 15.1. The number of hydrogen-bond donors (Lipinski definition) is 2. The Hall–Kier alpha value is -2.33. The van der Waals surface area contributed by atoms with Gasteiger partial charge in [0.15, 0.2) is 10.6 Å². The zero-order valence-electron chi connectivity index (χ0n) is 17.7. The van der Waals surface area contributed by atoms with E-state index in [0.717, 1.165) is 49.0 Å². The summed E-state index contributed by atoms with van der Waals surface area (Å²) < 4.78 is 2.42. The molecular formula is C22H28N6OS2. The van der Waals surface area contributed by atoms with Gasteiger partial charge >= 0.3 is 0 Å². The van der Waals surface area contributed by atoms with E-state index in [9.17, 15) is 4.79 Å². The van der Waals surface area contributed by atoms with Gasteiger partial charge in [0.2, 0.25) is 5.91 Å². The molecule has 164 valence electrons. The number of nitrogens with one attached hydrogen (secondary N) is 2. The zero-order valence-corrected chi connectivity index (χ0v) is 19.3. The van der Waals surface area contributed by atoms with Crippen LogP contribution in [0.15, 0.2) is 41.8 Å². The Labute approximate surface area is 191 Å². The number of piperazine rings is 1. The largest absolute Gasteiger partial charge is 0.352 e. The van der Waals surface area contributed by atoms with Crippen molar-refractivity contribution in [3.8, 4) is 10.7 Å². The fraction of sp³-hybridized carbons (Fsp3) is 0.409. The molecule has 0 saturated carbocycles. The van der Waals surface area contributed by atoms with Gasteiger partial charge in [0.25, 0.3) is 0 Å². The van der Waals surface area contributed by atoms with Crippen LogP contribution in [-0.2, 0) is 24.4 Å². The highest BCUT2D eigenvalue weighted by atomic mass is 32.1. The highest BCUT2D eigenvalue weighted by Crippen LogP contribution is 2.22. The van der Waals surface area contributed by atoms with Crippen molar-refractivity contribution in [3.63, 3.8) is 0 Å². The maximum atomic E-state index is 12.5. The summed E-state index contributed by atoms with van der Waals surface area (Å²) >= 11 is 6.94. The van der Waals surface area contributed by atoms with E-state index in [0.29, 0.717) is 24.3 Å². The van der Waals surface area contributed by atoms with Gasteiger partial charge in [-0.2, -0.15) is 5.10 Å². The molecule has 7 nitrogen and oxygen atoms in total. The molecule has 2 N–H and O–H groups in total. The van der Waals surface area contributed by atoms with Crippen LogP contribution in [-0.4, -0.2) is 63.7 Å². The maximum absolute atomic E-state index is 12.5. The highest BCUT2D eigenvalue weighted by Gasteiger charge is 2.14. The van der Waals surface area contributed by atoms with Crippen molar-refractivity contribution >= 4 is 29.5 Å². The Balaban J connectivity index is 1.28. The number of likely N-dealkylation sites (N-methyl/N-ethyl adjacent to an activating group) is 1. The third-order valence-electron chi connectivity index (χ3n) is 5.55. The van der Waals surface area contributed by atoms with E-state index in [1.807, 2.05) is 22.1 Å². The number of aromatic amines is 1. The summed E-state index contributed by atoms with van der Waals surface area (Å²) in [5.74, 6) is 0.786. The van der Waals surface area contributed by atoms with Crippen molar-refractivity contribution in [1.82, 2.24) is 29.9 Å². The lowest BCUT2D eigenvalue weighted by Gasteiger charge is -2.32. The smallest absolute Gasteiger partial charge is 0.222 e. The first-order valence-corrected chi connectivity index (χ1v) is 11.8. The van der Waals surface area contributed by atoms with Gasteiger partial charge in [-0.15, -0.1) is 11.3 Å². The molecule has 0 bridgehead atoms. The molecule has 0 atom stereocenters. The Morgan fingerprint density at radius 3 is 2.77 bits per heavy atom. The molecule has 1 aliphatic rings. The number of carbonyl (C=O) groups excluding carboxylic acids is 1. The van der Waals surface area contributed by atoms with Crippen LogP contribution in [0.1, 0.15) is 17.5 Å². The molecule has 3 heterocycles. The lowest BCUT2D eigenvalue weighted by molar-refractivity contribution is -0.121. The second kappa shape index (κ2) is 10.3. The van der Waals surface area contributed by atoms with Gasteiger partial charge in [-0.3, -0.25) is 19.4 Å². The normalized spacial score (nSPS) is 15.3. The molecule has 2 aromatic heterocycles. The Morgan fingerprint density at radius 2 is 2.00 bits per heavy atom. The molecule has 0 radical (unpaired) electrons. The Bertz CT molecular complexity index is 1050. The van der Waals surface area contributed by atoms with E-state index in [-0.39, 0.29) is 5.91 Å². The van der Waals surface area contributed by atoms with E-state index in [4.69, 9.17) is 12.2 Å². The average Bonchev–Trinajstić information content (AvgIpc) is 3.42. The standard InChI is InChI=1S/C22H28N6OS2/c1-26-9-11-27(12-10-26)16-18-5-2-4-17(14-18)15-23-20(29)7-8-28-21(24-25-22(28)30)19-6-3-13-31-19/h2-6,13-14H,7-12,15-16H2,1H3,(H,23,29)(H,25,30). The van der Waals surface area contributed by atoms with Gasteiger partial charge in [-0.25, -0.2) is 0 Å². The number of rotatable bonds is 8. The van der Waals surface area contributed by atoms with Crippen LogP contribution in [0.25, 0.3) is 10.7 Å². The first kappa shape index (κ1) is 21.9.